The second-order valence-corrected chi connectivity index (χ2v) is 4.30. The van der Waals surface area contributed by atoms with Crippen LogP contribution in [-0.4, -0.2) is 23.2 Å². The van der Waals surface area contributed by atoms with Crippen LogP contribution >= 0.6 is 0 Å². The first-order valence-electron chi connectivity index (χ1n) is 5.65. The second-order valence-electron chi connectivity index (χ2n) is 4.30. The summed E-state index contributed by atoms with van der Waals surface area (Å²) < 4.78 is 0. The molecule has 0 atom stereocenters. The molecule has 2 N–H and O–H groups in total. The summed E-state index contributed by atoms with van der Waals surface area (Å²) in [5.41, 5.74) is -0.114. The lowest BCUT2D eigenvalue weighted by Gasteiger charge is -2.32. The van der Waals surface area contributed by atoms with Crippen molar-refractivity contribution in [1.82, 2.24) is 5.32 Å². The Kier molecular flexibility index (Phi) is 4.39. The zero-order valence-electron chi connectivity index (χ0n) is 9.01. The molecule has 0 aromatic rings. The first-order valence-corrected chi connectivity index (χ1v) is 5.65. The average Bonchev–Trinajstić information content (AvgIpc) is 2.30. The summed E-state index contributed by atoms with van der Waals surface area (Å²) in [4.78, 5) is 10.8. The molecule has 1 saturated carbocycles. The third-order valence-corrected chi connectivity index (χ3v) is 3.10. The van der Waals surface area contributed by atoms with Crippen LogP contribution in [0.5, 0.6) is 0 Å². The minimum atomic E-state index is -0.673. The number of carboxylic acid groups (broad SMARTS) is 1. The number of carboxylic acids is 1. The van der Waals surface area contributed by atoms with Gasteiger partial charge in [0.05, 0.1) is 6.42 Å². The van der Waals surface area contributed by atoms with Crippen molar-refractivity contribution in [2.45, 2.75) is 57.4 Å². The Labute approximate surface area is 85.9 Å². The fourth-order valence-corrected chi connectivity index (χ4v) is 2.49. The highest BCUT2D eigenvalue weighted by molar-refractivity contribution is 5.68. The van der Waals surface area contributed by atoms with E-state index in [0.717, 1.165) is 19.4 Å². The van der Waals surface area contributed by atoms with E-state index in [1.54, 1.807) is 0 Å². The highest BCUT2D eigenvalue weighted by Gasteiger charge is 2.32. The van der Waals surface area contributed by atoms with Crippen molar-refractivity contribution in [2.24, 2.45) is 0 Å². The van der Waals surface area contributed by atoms with Crippen LogP contribution in [0, 0.1) is 0 Å². The van der Waals surface area contributed by atoms with Gasteiger partial charge < -0.3 is 10.4 Å². The first kappa shape index (κ1) is 11.5. The predicted octanol–water partition coefficient (Wildman–Crippen LogP) is 2.16. The van der Waals surface area contributed by atoms with Crippen LogP contribution in [-0.2, 0) is 4.79 Å². The van der Waals surface area contributed by atoms with Crippen LogP contribution in [0.3, 0.4) is 0 Å². The number of hydrogen-bond donors (Lipinski definition) is 2. The zero-order chi connectivity index (χ0) is 10.4. The largest absolute Gasteiger partial charge is 0.481 e. The van der Waals surface area contributed by atoms with Crippen molar-refractivity contribution < 1.29 is 9.90 Å². The SMILES string of the molecule is CCNC1(CC(=O)O)CCCCCC1. The fourth-order valence-electron chi connectivity index (χ4n) is 2.49. The molecular weight excluding hydrogens is 178 g/mol. The number of rotatable bonds is 4. The molecule has 0 radical (unpaired) electrons. The lowest BCUT2D eigenvalue weighted by Crippen LogP contribution is -2.46. The summed E-state index contributed by atoms with van der Waals surface area (Å²) >= 11 is 0. The highest BCUT2D eigenvalue weighted by atomic mass is 16.4. The van der Waals surface area contributed by atoms with Gasteiger partial charge in [0.2, 0.25) is 0 Å². The molecule has 0 aliphatic heterocycles. The van der Waals surface area contributed by atoms with Crippen LogP contribution in [0.2, 0.25) is 0 Å². The van der Waals surface area contributed by atoms with Crippen LogP contribution < -0.4 is 5.32 Å². The van der Waals surface area contributed by atoms with E-state index in [1.807, 2.05) is 0 Å². The lowest BCUT2D eigenvalue weighted by molar-refractivity contribution is -0.138. The third-order valence-electron chi connectivity index (χ3n) is 3.10. The van der Waals surface area contributed by atoms with Gasteiger partial charge in [0.15, 0.2) is 0 Å². The molecule has 1 fully saturated rings. The van der Waals surface area contributed by atoms with Gasteiger partial charge in [-0.05, 0) is 19.4 Å². The van der Waals surface area contributed by atoms with Gasteiger partial charge in [-0.3, -0.25) is 4.79 Å². The van der Waals surface area contributed by atoms with Gasteiger partial charge in [0, 0.05) is 5.54 Å². The molecule has 1 aliphatic rings. The molecular formula is C11H21NO2. The van der Waals surface area contributed by atoms with Gasteiger partial charge in [0.25, 0.3) is 0 Å². The average molecular weight is 199 g/mol. The van der Waals surface area contributed by atoms with Crippen molar-refractivity contribution >= 4 is 5.97 Å². The summed E-state index contributed by atoms with van der Waals surface area (Å²) in [5, 5.41) is 12.3. The van der Waals surface area contributed by atoms with Crippen molar-refractivity contribution in [2.75, 3.05) is 6.54 Å². The van der Waals surface area contributed by atoms with Gasteiger partial charge in [-0.1, -0.05) is 32.6 Å². The molecule has 14 heavy (non-hydrogen) atoms. The van der Waals surface area contributed by atoms with E-state index in [2.05, 4.69) is 12.2 Å². The summed E-state index contributed by atoms with van der Waals surface area (Å²) in [6.07, 6.45) is 7.17. The standard InChI is InChI=1S/C11H21NO2/c1-2-12-11(9-10(13)14)7-5-3-4-6-8-11/h12H,2-9H2,1H3,(H,13,14). The van der Waals surface area contributed by atoms with Gasteiger partial charge >= 0.3 is 5.97 Å². The van der Waals surface area contributed by atoms with E-state index in [0.29, 0.717) is 0 Å². The Morgan fingerprint density at radius 3 is 2.29 bits per heavy atom. The highest BCUT2D eigenvalue weighted by Crippen LogP contribution is 2.29. The van der Waals surface area contributed by atoms with E-state index >= 15 is 0 Å². The molecule has 3 nitrogen and oxygen atoms in total. The van der Waals surface area contributed by atoms with Crippen molar-refractivity contribution in [3.63, 3.8) is 0 Å². The Morgan fingerprint density at radius 2 is 1.86 bits per heavy atom. The maximum absolute atomic E-state index is 10.8. The summed E-state index contributed by atoms with van der Waals surface area (Å²) in [5.74, 6) is -0.673. The predicted molar refractivity (Wildman–Crippen MR) is 56.4 cm³/mol. The zero-order valence-corrected chi connectivity index (χ0v) is 9.01. The number of aliphatic carboxylic acids is 1. The van der Waals surface area contributed by atoms with Crippen molar-refractivity contribution in [1.29, 1.82) is 0 Å². The molecule has 82 valence electrons. The molecule has 0 unspecified atom stereocenters. The van der Waals surface area contributed by atoms with Gasteiger partial charge in [0.1, 0.15) is 0 Å². The molecule has 0 bridgehead atoms. The minimum Gasteiger partial charge on any atom is -0.481 e. The second kappa shape index (κ2) is 5.35. The van der Waals surface area contributed by atoms with E-state index in [4.69, 9.17) is 5.11 Å². The summed E-state index contributed by atoms with van der Waals surface area (Å²) in [7, 11) is 0. The maximum atomic E-state index is 10.8. The van der Waals surface area contributed by atoms with E-state index in [1.165, 1.54) is 25.7 Å². The van der Waals surface area contributed by atoms with Crippen LogP contribution in [0.4, 0.5) is 0 Å². The van der Waals surface area contributed by atoms with Gasteiger partial charge in [-0.2, -0.15) is 0 Å². The van der Waals surface area contributed by atoms with Crippen molar-refractivity contribution in [3.8, 4) is 0 Å². The first-order chi connectivity index (χ1) is 6.68. The van der Waals surface area contributed by atoms with E-state index in [9.17, 15) is 4.79 Å². The monoisotopic (exact) mass is 199 g/mol. The van der Waals surface area contributed by atoms with E-state index < -0.39 is 5.97 Å². The van der Waals surface area contributed by atoms with Crippen molar-refractivity contribution in [3.05, 3.63) is 0 Å². The maximum Gasteiger partial charge on any atom is 0.305 e. The van der Waals surface area contributed by atoms with Gasteiger partial charge in [-0.25, -0.2) is 0 Å². The number of carbonyl (C=O) groups is 1. The van der Waals surface area contributed by atoms with Crippen LogP contribution in [0.15, 0.2) is 0 Å². The Bertz CT molecular complexity index is 184. The lowest BCUT2D eigenvalue weighted by atomic mass is 9.86. The van der Waals surface area contributed by atoms with Gasteiger partial charge in [-0.15, -0.1) is 0 Å². The summed E-state index contributed by atoms with van der Waals surface area (Å²) in [6.45, 7) is 2.92. The molecule has 1 aliphatic carbocycles. The Morgan fingerprint density at radius 1 is 1.29 bits per heavy atom. The molecule has 0 aromatic carbocycles. The minimum absolute atomic E-state index is 0.114. The molecule has 1 rings (SSSR count). The van der Waals surface area contributed by atoms with Crippen LogP contribution in [0.1, 0.15) is 51.9 Å². The molecule has 0 saturated heterocycles. The molecule has 0 heterocycles. The van der Waals surface area contributed by atoms with E-state index in [-0.39, 0.29) is 12.0 Å². The molecule has 0 aromatic heterocycles. The molecule has 0 amide bonds. The van der Waals surface area contributed by atoms with Crippen LogP contribution in [0.25, 0.3) is 0 Å². The fraction of sp³-hybridized carbons (Fsp3) is 0.909. The molecule has 0 spiro atoms. The number of hydrogen-bond acceptors (Lipinski definition) is 2. The third kappa shape index (κ3) is 3.29. The Hall–Kier alpha value is -0.570. The number of nitrogens with one attached hydrogen (secondary N) is 1. The Balaban J connectivity index is 2.61. The smallest absolute Gasteiger partial charge is 0.305 e. The normalized spacial score (nSPS) is 21.5. The quantitative estimate of drug-likeness (QED) is 0.682. The summed E-state index contributed by atoms with van der Waals surface area (Å²) in [6, 6.07) is 0. The molecule has 3 heteroatoms. The topological polar surface area (TPSA) is 49.3 Å².